The number of carbonyl (C=O) groups excluding carboxylic acids is 1. The van der Waals surface area contributed by atoms with Gasteiger partial charge in [-0.05, 0) is 67.6 Å². The first-order valence-electron chi connectivity index (χ1n) is 12.5. The summed E-state index contributed by atoms with van der Waals surface area (Å²) in [7, 11) is 0. The van der Waals surface area contributed by atoms with E-state index in [9.17, 15) is 14.7 Å². The SMILES string of the molecule is O=C(O)CC(c1ccccc1)N1CCC(N2CCN(c3ccc4c(c3)CCNCC4)C2=O)CC1. The standard InChI is InChI=1S/C27H34N4O3/c32-26(33)19-25(21-4-2-1-3-5-21)29-14-10-23(11-15-29)30-16-17-31(27(30)34)24-7-6-20-8-12-28-13-9-22(20)18-24/h1-7,18,23,25,28H,8-17,19H2,(H,32,33). The third-order valence-electron chi connectivity index (χ3n) is 7.62. The van der Waals surface area contributed by atoms with Gasteiger partial charge in [-0.2, -0.15) is 0 Å². The summed E-state index contributed by atoms with van der Waals surface area (Å²) in [6.07, 6.45) is 3.89. The largest absolute Gasteiger partial charge is 0.481 e. The van der Waals surface area contributed by atoms with Crippen molar-refractivity contribution in [1.29, 1.82) is 0 Å². The molecule has 7 nitrogen and oxygen atoms in total. The lowest BCUT2D eigenvalue weighted by molar-refractivity contribution is -0.138. The number of amides is 2. The zero-order valence-electron chi connectivity index (χ0n) is 19.7. The molecule has 0 aromatic heterocycles. The van der Waals surface area contributed by atoms with Crippen LogP contribution in [0.5, 0.6) is 0 Å². The lowest BCUT2D eigenvalue weighted by Gasteiger charge is -2.40. The number of likely N-dealkylation sites (tertiary alicyclic amines) is 1. The van der Waals surface area contributed by atoms with Gasteiger partial charge >= 0.3 is 12.0 Å². The number of nitrogens with one attached hydrogen (secondary N) is 1. The van der Waals surface area contributed by atoms with Gasteiger partial charge in [0, 0.05) is 44.0 Å². The highest BCUT2D eigenvalue weighted by atomic mass is 16.4. The Morgan fingerprint density at radius 1 is 0.971 bits per heavy atom. The topological polar surface area (TPSA) is 76.1 Å². The van der Waals surface area contributed by atoms with Crippen LogP contribution >= 0.6 is 0 Å². The maximum atomic E-state index is 13.4. The minimum atomic E-state index is -0.780. The predicted molar refractivity (Wildman–Crippen MR) is 132 cm³/mol. The molecule has 2 fully saturated rings. The number of benzene rings is 2. The van der Waals surface area contributed by atoms with Crippen LogP contribution in [0.1, 0.15) is 42.0 Å². The van der Waals surface area contributed by atoms with E-state index >= 15 is 0 Å². The summed E-state index contributed by atoms with van der Waals surface area (Å²) in [6, 6.07) is 16.6. The van der Waals surface area contributed by atoms with Crippen molar-refractivity contribution in [2.45, 2.75) is 44.2 Å². The molecule has 0 spiro atoms. The van der Waals surface area contributed by atoms with Crippen molar-refractivity contribution in [3.05, 3.63) is 65.2 Å². The lowest BCUT2D eigenvalue weighted by atomic mass is 9.96. The third-order valence-corrected chi connectivity index (χ3v) is 7.62. The number of urea groups is 1. The Hall–Kier alpha value is -2.90. The number of carboxylic acids is 1. The van der Waals surface area contributed by atoms with E-state index in [1.807, 2.05) is 40.1 Å². The Kier molecular flexibility index (Phi) is 6.83. The molecule has 5 rings (SSSR count). The number of carboxylic acid groups (broad SMARTS) is 1. The van der Waals surface area contributed by atoms with Crippen LogP contribution in [0.25, 0.3) is 0 Å². The first-order chi connectivity index (χ1) is 16.6. The van der Waals surface area contributed by atoms with Crippen molar-refractivity contribution in [1.82, 2.24) is 15.1 Å². The van der Waals surface area contributed by atoms with Gasteiger partial charge < -0.3 is 15.3 Å². The molecule has 3 aliphatic rings. The second-order valence-electron chi connectivity index (χ2n) is 9.62. The van der Waals surface area contributed by atoms with Crippen LogP contribution in [-0.4, -0.2) is 72.2 Å². The van der Waals surface area contributed by atoms with Gasteiger partial charge in [0.1, 0.15) is 0 Å². The normalized spacial score (nSPS) is 20.8. The van der Waals surface area contributed by atoms with Gasteiger partial charge in [-0.3, -0.25) is 14.6 Å². The first-order valence-corrected chi connectivity index (χ1v) is 12.5. The zero-order chi connectivity index (χ0) is 23.5. The molecule has 2 aromatic carbocycles. The number of rotatable bonds is 6. The van der Waals surface area contributed by atoms with Crippen LogP contribution in [0.3, 0.4) is 0 Å². The smallest absolute Gasteiger partial charge is 0.324 e. The number of fused-ring (bicyclic) bond motifs is 1. The average molecular weight is 463 g/mol. The van der Waals surface area contributed by atoms with Gasteiger partial charge in [0.05, 0.1) is 6.42 Å². The maximum absolute atomic E-state index is 13.4. The number of aliphatic carboxylic acids is 1. The number of hydrogen-bond acceptors (Lipinski definition) is 4. The van der Waals surface area contributed by atoms with E-state index in [1.54, 1.807) is 0 Å². The highest BCUT2D eigenvalue weighted by Gasteiger charge is 2.37. The Morgan fingerprint density at radius 2 is 1.71 bits per heavy atom. The number of carbonyl (C=O) groups is 2. The molecular weight excluding hydrogens is 428 g/mol. The molecule has 180 valence electrons. The maximum Gasteiger partial charge on any atom is 0.324 e. The molecule has 7 heteroatoms. The summed E-state index contributed by atoms with van der Waals surface area (Å²) in [5.41, 5.74) is 4.80. The van der Waals surface area contributed by atoms with E-state index in [1.165, 1.54) is 11.1 Å². The molecule has 2 saturated heterocycles. The molecular formula is C27H34N4O3. The van der Waals surface area contributed by atoms with Crippen molar-refractivity contribution in [3.63, 3.8) is 0 Å². The summed E-state index contributed by atoms with van der Waals surface area (Å²) >= 11 is 0. The van der Waals surface area contributed by atoms with Crippen LogP contribution in [0.2, 0.25) is 0 Å². The molecule has 3 heterocycles. The van der Waals surface area contributed by atoms with Crippen molar-refractivity contribution >= 4 is 17.7 Å². The van der Waals surface area contributed by atoms with Crippen LogP contribution < -0.4 is 10.2 Å². The molecule has 3 aliphatic heterocycles. The Bertz CT molecular complexity index is 1020. The van der Waals surface area contributed by atoms with Crippen molar-refractivity contribution in [2.24, 2.45) is 0 Å². The monoisotopic (exact) mass is 462 g/mol. The van der Waals surface area contributed by atoms with Gasteiger partial charge in [-0.1, -0.05) is 36.4 Å². The van der Waals surface area contributed by atoms with Gasteiger partial charge in [0.25, 0.3) is 0 Å². The fraction of sp³-hybridized carbons (Fsp3) is 0.481. The van der Waals surface area contributed by atoms with Crippen molar-refractivity contribution in [2.75, 3.05) is 44.2 Å². The van der Waals surface area contributed by atoms with E-state index in [0.717, 1.165) is 76.2 Å². The summed E-state index contributed by atoms with van der Waals surface area (Å²) in [4.78, 5) is 31.2. The molecule has 0 aliphatic carbocycles. The number of hydrogen-bond donors (Lipinski definition) is 2. The molecule has 0 saturated carbocycles. The van der Waals surface area contributed by atoms with Crippen molar-refractivity contribution in [3.8, 4) is 0 Å². The number of nitrogens with zero attached hydrogens (tertiary/aromatic N) is 3. The summed E-state index contributed by atoms with van der Waals surface area (Å²) in [5.74, 6) is -0.780. The predicted octanol–water partition coefficient (Wildman–Crippen LogP) is 3.30. The van der Waals surface area contributed by atoms with Crippen LogP contribution in [0.4, 0.5) is 10.5 Å². The molecule has 2 amide bonds. The van der Waals surface area contributed by atoms with Crippen LogP contribution in [0.15, 0.2) is 48.5 Å². The zero-order valence-corrected chi connectivity index (χ0v) is 19.7. The molecule has 1 atom stereocenters. The summed E-state index contributed by atoms with van der Waals surface area (Å²) in [6.45, 7) is 5.07. The van der Waals surface area contributed by atoms with Crippen molar-refractivity contribution < 1.29 is 14.7 Å². The Morgan fingerprint density at radius 3 is 2.44 bits per heavy atom. The Labute approximate surface area is 201 Å². The van der Waals surface area contributed by atoms with Gasteiger partial charge in [0.15, 0.2) is 0 Å². The molecule has 0 radical (unpaired) electrons. The minimum Gasteiger partial charge on any atom is -0.481 e. The molecule has 2 N–H and O–H groups in total. The summed E-state index contributed by atoms with van der Waals surface area (Å²) < 4.78 is 0. The Balaban J connectivity index is 1.23. The third kappa shape index (κ3) is 4.81. The minimum absolute atomic E-state index is 0.0962. The van der Waals surface area contributed by atoms with Gasteiger partial charge in [0.2, 0.25) is 0 Å². The second-order valence-corrected chi connectivity index (χ2v) is 9.62. The van der Waals surface area contributed by atoms with E-state index in [0.29, 0.717) is 0 Å². The highest BCUT2D eigenvalue weighted by molar-refractivity contribution is 5.94. The van der Waals surface area contributed by atoms with E-state index in [-0.39, 0.29) is 24.5 Å². The van der Waals surface area contributed by atoms with Crippen LogP contribution in [0, 0.1) is 0 Å². The van der Waals surface area contributed by atoms with E-state index in [2.05, 4.69) is 28.4 Å². The number of anilines is 1. The van der Waals surface area contributed by atoms with Crippen LogP contribution in [-0.2, 0) is 17.6 Å². The molecule has 2 aromatic rings. The first kappa shape index (κ1) is 22.9. The number of piperidine rings is 1. The molecule has 34 heavy (non-hydrogen) atoms. The summed E-state index contributed by atoms with van der Waals surface area (Å²) in [5, 5.41) is 12.9. The quantitative estimate of drug-likeness (QED) is 0.689. The fourth-order valence-corrected chi connectivity index (χ4v) is 5.77. The molecule has 1 unspecified atom stereocenters. The second kappa shape index (κ2) is 10.2. The molecule has 0 bridgehead atoms. The lowest BCUT2D eigenvalue weighted by Crippen LogP contribution is -2.47. The fourth-order valence-electron chi connectivity index (χ4n) is 5.77. The highest BCUT2D eigenvalue weighted by Crippen LogP contribution is 2.31. The average Bonchev–Trinajstić information content (AvgIpc) is 3.08. The van der Waals surface area contributed by atoms with E-state index in [4.69, 9.17) is 0 Å². The van der Waals surface area contributed by atoms with Gasteiger partial charge in [-0.25, -0.2) is 4.79 Å². The van der Waals surface area contributed by atoms with Gasteiger partial charge in [-0.15, -0.1) is 0 Å². The van der Waals surface area contributed by atoms with E-state index < -0.39 is 5.97 Å².